The van der Waals surface area contributed by atoms with Gasteiger partial charge in [0.05, 0.1) is 5.56 Å². The first-order chi connectivity index (χ1) is 9.80. The summed E-state index contributed by atoms with van der Waals surface area (Å²) < 4.78 is 52.5. The number of halogens is 4. The van der Waals surface area contributed by atoms with E-state index in [9.17, 15) is 17.6 Å². The molecule has 0 aliphatic heterocycles. The van der Waals surface area contributed by atoms with Gasteiger partial charge in [-0.25, -0.2) is 4.39 Å². The zero-order chi connectivity index (χ0) is 15.6. The lowest BCUT2D eigenvalue weighted by Crippen LogP contribution is -2.15. The second-order valence-corrected chi connectivity index (χ2v) is 4.86. The molecule has 0 radical (unpaired) electrons. The molecule has 0 bridgehead atoms. The van der Waals surface area contributed by atoms with E-state index >= 15 is 0 Å². The molecule has 0 saturated heterocycles. The van der Waals surface area contributed by atoms with Gasteiger partial charge in [-0.15, -0.1) is 0 Å². The Morgan fingerprint density at radius 1 is 1.00 bits per heavy atom. The minimum atomic E-state index is -4.41. The molecule has 0 heterocycles. The van der Waals surface area contributed by atoms with Crippen molar-refractivity contribution in [1.82, 2.24) is 0 Å². The number of hydrogen-bond acceptors (Lipinski definition) is 1. The lowest BCUT2D eigenvalue weighted by Gasteiger charge is -2.21. The molecular formula is C16H15F4N. The van der Waals surface area contributed by atoms with Crippen LogP contribution in [-0.2, 0) is 6.18 Å². The Morgan fingerprint density at radius 2 is 1.67 bits per heavy atom. The zero-order valence-electron chi connectivity index (χ0n) is 11.6. The van der Waals surface area contributed by atoms with E-state index in [1.807, 2.05) is 0 Å². The van der Waals surface area contributed by atoms with Crippen molar-refractivity contribution in [3.63, 3.8) is 0 Å². The van der Waals surface area contributed by atoms with Gasteiger partial charge >= 0.3 is 6.18 Å². The van der Waals surface area contributed by atoms with Crippen LogP contribution >= 0.6 is 0 Å². The fourth-order valence-corrected chi connectivity index (χ4v) is 2.21. The maximum atomic E-state index is 13.5. The summed E-state index contributed by atoms with van der Waals surface area (Å²) >= 11 is 0. The molecule has 0 fully saturated rings. The molecule has 0 aliphatic carbocycles. The Kier molecular flexibility index (Phi) is 4.21. The van der Waals surface area contributed by atoms with Crippen LogP contribution in [0.1, 0.15) is 29.7 Å². The van der Waals surface area contributed by atoms with E-state index in [1.165, 1.54) is 24.3 Å². The van der Waals surface area contributed by atoms with E-state index in [1.54, 1.807) is 26.0 Å². The van der Waals surface area contributed by atoms with Crippen LogP contribution in [0.2, 0.25) is 0 Å². The molecule has 0 aliphatic rings. The molecule has 112 valence electrons. The number of hydrogen-bond donors (Lipinski definition) is 1. The van der Waals surface area contributed by atoms with Crippen LogP contribution in [0, 0.1) is 12.7 Å². The average Bonchev–Trinajstić information content (AvgIpc) is 2.43. The molecule has 0 amide bonds. The number of benzene rings is 2. The van der Waals surface area contributed by atoms with Gasteiger partial charge < -0.3 is 5.32 Å². The first-order valence-electron chi connectivity index (χ1n) is 6.48. The van der Waals surface area contributed by atoms with Gasteiger partial charge in [-0.1, -0.05) is 24.3 Å². The van der Waals surface area contributed by atoms with Crippen molar-refractivity contribution in [2.75, 3.05) is 5.32 Å². The van der Waals surface area contributed by atoms with E-state index in [0.29, 0.717) is 11.3 Å². The fraction of sp³-hybridized carbons (Fsp3) is 0.250. The van der Waals surface area contributed by atoms with E-state index in [4.69, 9.17) is 0 Å². The van der Waals surface area contributed by atoms with Crippen molar-refractivity contribution in [1.29, 1.82) is 0 Å². The van der Waals surface area contributed by atoms with Gasteiger partial charge in [0.15, 0.2) is 0 Å². The van der Waals surface area contributed by atoms with Crippen LogP contribution in [0.3, 0.4) is 0 Å². The predicted octanol–water partition coefficient (Wildman–Crippen LogP) is 5.33. The molecule has 1 nitrogen and oxygen atoms in total. The first kappa shape index (κ1) is 15.4. The summed E-state index contributed by atoms with van der Waals surface area (Å²) in [6.07, 6.45) is -4.41. The van der Waals surface area contributed by atoms with Crippen LogP contribution in [0.5, 0.6) is 0 Å². The summed E-state index contributed by atoms with van der Waals surface area (Å²) in [5.41, 5.74) is 0.320. The minimum Gasteiger partial charge on any atom is -0.378 e. The highest BCUT2D eigenvalue weighted by atomic mass is 19.4. The maximum absolute atomic E-state index is 13.5. The second-order valence-electron chi connectivity index (χ2n) is 4.86. The van der Waals surface area contributed by atoms with Crippen LogP contribution in [-0.4, -0.2) is 0 Å². The molecule has 2 rings (SSSR count). The largest absolute Gasteiger partial charge is 0.416 e. The highest BCUT2D eigenvalue weighted by Crippen LogP contribution is 2.35. The van der Waals surface area contributed by atoms with E-state index in [-0.39, 0.29) is 5.56 Å². The van der Waals surface area contributed by atoms with Crippen LogP contribution in [0.15, 0.2) is 42.5 Å². The molecule has 1 N–H and O–H groups in total. The van der Waals surface area contributed by atoms with Crippen molar-refractivity contribution < 1.29 is 17.6 Å². The summed E-state index contributed by atoms with van der Waals surface area (Å²) in [7, 11) is 0. The number of nitrogens with one attached hydrogen (secondary N) is 1. The minimum absolute atomic E-state index is 0.133. The summed E-state index contributed by atoms with van der Waals surface area (Å²) in [4.78, 5) is 0. The highest BCUT2D eigenvalue weighted by molar-refractivity contribution is 5.53. The molecule has 21 heavy (non-hydrogen) atoms. The quantitative estimate of drug-likeness (QED) is 0.755. The van der Waals surface area contributed by atoms with Crippen LogP contribution < -0.4 is 5.32 Å². The summed E-state index contributed by atoms with van der Waals surface area (Å²) in [5.74, 6) is -0.392. The lowest BCUT2D eigenvalue weighted by molar-refractivity contribution is -0.138. The third-order valence-corrected chi connectivity index (χ3v) is 3.37. The van der Waals surface area contributed by atoms with Gasteiger partial charge in [0.1, 0.15) is 5.82 Å². The Balaban J connectivity index is 2.33. The summed E-state index contributed by atoms with van der Waals surface area (Å²) in [6.45, 7) is 3.20. The van der Waals surface area contributed by atoms with Gasteiger partial charge in [0.25, 0.3) is 0 Å². The Hall–Kier alpha value is -2.04. The average molecular weight is 297 g/mol. The molecule has 0 aromatic heterocycles. The smallest absolute Gasteiger partial charge is 0.378 e. The van der Waals surface area contributed by atoms with Crippen LogP contribution in [0.4, 0.5) is 23.2 Å². The SMILES string of the molecule is Cc1c(F)cccc1NC(C)c1ccccc1C(F)(F)F. The maximum Gasteiger partial charge on any atom is 0.416 e. The second kappa shape index (κ2) is 5.76. The third kappa shape index (κ3) is 3.35. The van der Waals surface area contributed by atoms with E-state index in [2.05, 4.69) is 5.32 Å². The fourth-order valence-electron chi connectivity index (χ4n) is 2.21. The Morgan fingerprint density at radius 3 is 2.33 bits per heavy atom. The summed E-state index contributed by atoms with van der Waals surface area (Å²) in [5, 5.41) is 2.94. The van der Waals surface area contributed by atoms with Crippen molar-refractivity contribution >= 4 is 5.69 Å². The van der Waals surface area contributed by atoms with E-state index in [0.717, 1.165) is 6.07 Å². The molecule has 2 aromatic carbocycles. The molecular weight excluding hydrogens is 282 g/mol. The predicted molar refractivity (Wildman–Crippen MR) is 74.6 cm³/mol. The molecule has 2 aromatic rings. The Bertz CT molecular complexity index is 634. The van der Waals surface area contributed by atoms with Gasteiger partial charge in [-0.05, 0) is 37.6 Å². The number of alkyl halides is 3. The monoisotopic (exact) mass is 297 g/mol. The first-order valence-corrected chi connectivity index (χ1v) is 6.48. The van der Waals surface area contributed by atoms with Crippen molar-refractivity contribution in [2.24, 2.45) is 0 Å². The molecule has 0 saturated carbocycles. The zero-order valence-corrected chi connectivity index (χ0v) is 11.6. The van der Waals surface area contributed by atoms with Gasteiger partial charge in [0.2, 0.25) is 0 Å². The molecule has 5 heteroatoms. The topological polar surface area (TPSA) is 12.0 Å². The van der Waals surface area contributed by atoms with Gasteiger partial charge in [0, 0.05) is 17.3 Å². The molecule has 1 unspecified atom stereocenters. The number of rotatable bonds is 3. The third-order valence-electron chi connectivity index (χ3n) is 3.37. The van der Waals surface area contributed by atoms with Gasteiger partial charge in [-0.2, -0.15) is 13.2 Å². The molecule has 1 atom stereocenters. The molecule has 0 spiro atoms. The summed E-state index contributed by atoms with van der Waals surface area (Å²) in [6, 6.07) is 9.27. The lowest BCUT2D eigenvalue weighted by atomic mass is 10.0. The normalized spacial score (nSPS) is 13.0. The number of anilines is 1. The van der Waals surface area contributed by atoms with Crippen molar-refractivity contribution in [2.45, 2.75) is 26.1 Å². The van der Waals surface area contributed by atoms with Crippen molar-refractivity contribution in [3.05, 3.63) is 65.0 Å². The highest BCUT2D eigenvalue weighted by Gasteiger charge is 2.34. The Labute approximate surface area is 120 Å². The van der Waals surface area contributed by atoms with Gasteiger partial charge in [-0.3, -0.25) is 0 Å². The van der Waals surface area contributed by atoms with Crippen LogP contribution in [0.25, 0.3) is 0 Å². The van der Waals surface area contributed by atoms with Crippen molar-refractivity contribution in [3.8, 4) is 0 Å². The standard InChI is InChI=1S/C16H15F4N/c1-10-14(17)8-5-9-15(10)21-11(2)12-6-3-4-7-13(12)16(18,19)20/h3-9,11,21H,1-2H3. The van der Waals surface area contributed by atoms with E-state index < -0.39 is 23.6 Å².